The lowest BCUT2D eigenvalue weighted by molar-refractivity contribution is -0.120. The van der Waals surface area contributed by atoms with Crippen LogP contribution in [0.15, 0.2) is 41.9 Å². The number of benzene rings is 1. The second kappa shape index (κ2) is 8.71. The van der Waals surface area contributed by atoms with Gasteiger partial charge in [0.1, 0.15) is 17.4 Å². The monoisotopic (exact) mass is 490 g/mol. The summed E-state index contributed by atoms with van der Waals surface area (Å²) in [5, 5.41) is 4.30. The highest BCUT2D eigenvalue weighted by Gasteiger charge is 2.37. The zero-order valence-electron chi connectivity index (χ0n) is 18.3. The summed E-state index contributed by atoms with van der Waals surface area (Å²) in [6.45, 7) is 3.40. The van der Waals surface area contributed by atoms with E-state index in [2.05, 4.69) is 20.0 Å². The molecule has 33 heavy (non-hydrogen) atoms. The number of hydrogen-bond donors (Lipinski definition) is 2. The molecular formula is C22H23FN4O4S2. The van der Waals surface area contributed by atoms with Gasteiger partial charge in [-0.05, 0) is 56.5 Å². The average Bonchev–Trinajstić information content (AvgIpc) is 3.54. The molecule has 174 valence electrons. The Morgan fingerprint density at radius 1 is 1.21 bits per heavy atom. The van der Waals surface area contributed by atoms with Crippen LogP contribution in [0.2, 0.25) is 0 Å². The molecule has 1 saturated carbocycles. The zero-order chi connectivity index (χ0) is 23.8. The molecule has 0 spiro atoms. The standard InChI is InChI=1S/C22H23FN4O4S2/c1-22(2,18-12-32-21(25-18)27-33(29,30)17-5-6-17)20(28)26-19-7-4-13(11-24-19)14-8-15(23)10-16(9-14)31-3/h4,7-12,17H,5-6H2,1-3H3,(H,25,27)(H,24,26,28). The number of ether oxygens (including phenoxy) is 1. The van der Waals surface area contributed by atoms with Crippen LogP contribution >= 0.6 is 11.3 Å². The van der Waals surface area contributed by atoms with Gasteiger partial charge in [0.05, 0.1) is 23.5 Å². The van der Waals surface area contributed by atoms with Crippen LogP contribution in [0, 0.1) is 5.82 Å². The number of pyridine rings is 1. The summed E-state index contributed by atoms with van der Waals surface area (Å²) in [5.41, 5.74) is 0.677. The second-order valence-electron chi connectivity index (χ2n) is 8.28. The first-order valence-corrected chi connectivity index (χ1v) is 12.6. The van der Waals surface area contributed by atoms with Gasteiger partial charge in [0.2, 0.25) is 15.9 Å². The predicted octanol–water partition coefficient (Wildman–Crippen LogP) is 4.17. The van der Waals surface area contributed by atoms with Crippen molar-refractivity contribution >= 4 is 38.2 Å². The number of amides is 1. The number of halogens is 1. The summed E-state index contributed by atoms with van der Waals surface area (Å²) in [6.07, 6.45) is 2.84. The number of methoxy groups -OCH3 is 1. The first-order chi connectivity index (χ1) is 15.6. The van der Waals surface area contributed by atoms with Crippen molar-refractivity contribution < 1.29 is 22.3 Å². The van der Waals surface area contributed by atoms with Crippen LogP contribution in [0.5, 0.6) is 5.75 Å². The highest BCUT2D eigenvalue weighted by Crippen LogP contribution is 2.33. The molecule has 0 radical (unpaired) electrons. The van der Waals surface area contributed by atoms with Gasteiger partial charge in [-0.3, -0.25) is 9.52 Å². The van der Waals surface area contributed by atoms with Crippen molar-refractivity contribution in [3.8, 4) is 16.9 Å². The topological polar surface area (TPSA) is 110 Å². The molecule has 1 fully saturated rings. The molecule has 4 rings (SSSR count). The Bertz CT molecular complexity index is 1290. The minimum atomic E-state index is -3.42. The molecule has 0 atom stereocenters. The van der Waals surface area contributed by atoms with E-state index in [9.17, 15) is 17.6 Å². The Morgan fingerprint density at radius 2 is 1.97 bits per heavy atom. The normalized spacial score (nSPS) is 14.1. The number of aromatic nitrogens is 2. The van der Waals surface area contributed by atoms with E-state index in [1.165, 1.54) is 25.4 Å². The lowest BCUT2D eigenvalue weighted by Crippen LogP contribution is -2.35. The van der Waals surface area contributed by atoms with E-state index in [0.29, 0.717) is 41.2 Å². The Labute approximate surface area is 195 Å². The number of hydrogen-bond acceptors (Lipinski definition) is 7. The van der Waals surface area contributed by atoms with E-state index in [1.807, 2.05) is 0 Å². The maximum atomic E-state index is 13.8. The van der Waals surface area contributed by atoms with Crippen molar-refractivity contribution in [2.24, 2.45) is 0 Å². The van der Waals surface area contributed by atoms with E-state index in [1.54, 1.807) is 37.4 Å². The minimum Gasteiger partial charge on any atom is -0.497 e. The summed E-state index contributed by atoms with van der Waals surface area (Å²) in [7, 11) is -1.96. The summed E-state index contributed by atoms with van der Waals surface area (Å²) >= 11 is 1.14. The minimum absolute atomic E-state index is 0.241. The van der Waals surface area contributed by atoms with Gasteiger partial charge in [-0.15, -0.1) is 11.3 Å². The third-order valence-corrected chi connectivity index (χ3v) is 8.06. The summed E-state index contributed by atoms with van der Waals surface area (Å²) in [6, 6.07) is 7.69. The SMILES string of the molecule is COc1cc(F)cc(-c2ccc(NC(=O)C(C)(C)c3csc(NS(=O)(=O)C4CC4)n3)nc2)c1. The van der Waals surface area contributed by atoms with Crippen LogP contribution in [-0.4, -0.2) is 36.7 Å². The highest BCUT2D eigenvalue weighted by atomic mass is 32.2. The molecule has 0 bridgehead atoms. The number of rotatable bonds is 8. The third-order valence-electron chi connectivity index (χ3n) is 5.35. The van der Waals surface area contributed by atoms with Crippen molar-refractivity contribution in [2.45, 2.75) is 37.4 Å². The smallest absolute Gasteiger partial charge is 0.237 e. The van der Waals surface area contributed by atoms with E-state index in [-0.39, 0.29) is 16.3 Å². The Balaban J connectivity index is 1.46. The van der Waals surface area contributed by atoms with Crippen LogP contribution < -0.4 is 14.8 Å². The van der Waals surface area contributed by atoms with Gasteiger partial charge in [-0.25, -0.2) is 22.8 Å². The number of nitrogens with zero attached hydrogens (tertiary/aromatic N) is 2. The zero-order valence-corrected chi connectivity index (χ0v) is 19.9. The number of carbonyl (C=O) groups excluding carboxylic acids is 1. The third kappa shape index (κ3) is 5.14. The van der Waals surface area contributed by atoms with Gasteiger partial charge in [-0.1, -0.05) is 0 Å². The van der Waals surface area contributed by atoms with Gasteiger partial charge in [0, 0.05) is 23.2 Å². The van der Waals surface area contributed by atoms with E-state index in [0.717, 1.165) is 11.3 Å². The quantitative estimate of drug-likeness (QED) is 0.490. The molecule has 1 aromatic carbocycles. The van der Waals surface area contributed by atoms with E-state index < -0.39 is 21.3 Å². The molecule has 3 aromatic rings. The van der Waals surface area contributed by atoms with E-state index >= 15 is 0 Å². The summed E-state index contributed by atoms with van der Waals surface area (Å²) in [4.78, 5) is 21.5. The molecule has 2 aromatic heterocycles. The second-order valence-corrected chi connectivity index (χ2v) is 11.1. The molecule has 1 aliphatic carbocycles. The van der Waals surface area contributed by atoms with Crippen LogP contribution in [0.3, 0.4) is 0 Å². The van der Waals surface area contributed by atoms with Crippen molar-refractivity contribution in [3.63, 3.8) is 0 Å². The fraction of sp³-hybridized carbons (Fsp3) is 0.318. The summed E-state index contributed by atoms with van der Waals surface area (Å²) in [5.74, 6) is -0.0566. The van der Waals surface area contributed by atoms with E-state index in [4.69, 9.17) is 4.74 Å². The largest absolute Gasteiger partial charge is 0.497 e. The van der Waals surface area contributed by atoms with Crippen LogP contribution in [0.1, 0.15) is 32.4 Å². The number of carbonyl (C=O) groups is 1. The Hall–Kier alpha value is -3.05. The maximum Gasteiger partial charge on any atom is 0.237 e. The average molecular weight is 491 g/mol. The van der Waals surface area contributed by atoms with Crippen molar-refractivity contribution in [1.29, 1.82) is 0 Å². The van der Waals surface area contributed by atoms with Gasteiger partial charge in [0.25, 0.3) is 0 Å². The van der Waals surface area contributed by atoms with Crippen LogP contribution in [0.25, 0.3) is 11.1 Å². The molecule has 2 heterocycles. The van der Waals surface area contributed by atoms with Crippen molar-refractivity contribution in [3.05, 3.63) is 53.4 Å². The van der Waals surface area contributed by atoms with Gasteiger partial charge >= 0.3 is 0 Å². The predicted molar refractivity (Wildman–Crippen MR) is 126 cm³/mol. The van der Waals surface area contributed by atoms with Gasteiger partial charge in [0.15, 0.2) is 5.13 Å². The molecule has 1 aliphatic rings. The Morgan fingerprint density at radius 3 is 2.61 bits per heavy atom. The van der Waals surface area contributed by atoms with Crippen LogP contribution in [0.4, 0.5) is 15.3 Å². The number of thiazole rings is 1. The first kappa shape index (κ1) is 23.1. The summed E-state index contributed by atoms with van der Waals surface area (Å²) < 4.78 is 45.6. The van der Waals surface area contributed by atoms with Crippen molar-refractivity contribution in [2.75, 3.05) is 17.1 Å². The fourth-order valence-corrected chi connectivity index (χ4v) is 5.54. The molecule has 0 saturated heterocycles. The number of nitrogens with one attached hydrogen (secondary N) is 2. The molecule has 0 aliphatic heterocycles. The molecule has 2 N–H and O–H groups in total. The molecular weight excluding hydrogens is 467 g/mol. The highest BCUT2D eigenvalue weighted by molar-refractivity contribution is 7.93. The lowest BCUT2D eigenvalue weighted by Gasteiger charge is -2.21. The van der Waals surface area contributed by atoms with Crippen LogP contribution in [-0.2, 0) is 20.2 Å². The molecule has 11 heteroatoms. The fourth-order valence-electron chi connectivity index (χ4n) is 3.07. The van der Waals surface area contributed by atoms with Crippen molar-refractivity contribution in [1.82, 2.24) is 9.97 Å². The molecule has 0 unspecified atom stereocenters. The maximum absolute atomic E-state index is 13.8. The van der Waals surface area contributed by atoms with Gasteiger partial charge < -0.3 is 10.1 Å². The Kier molecular flexibility index (Phi) is 6.10. The number of anilines is 2. The number of sulfonamides is 1. The van der Waals surface area contributed by atoms with Gasteiger partial charge in [-0.2, -0.15) is 0 Å². The molecule has 8 nitrogen and oxygen atoms in total. The molecule has 1 amide bonds. The lowest BCUT2D eigenvalue weighted by atomic mass is 9.89. The first-order valence-electron chi connectivity index (χ1n) is 10.2.